The fraction of sp³-hybridized carbons (Fsp3) is 0.238. The minimum atomic E-state index is -0.246. The molecule has 0 unspecified atom stereocenters. The molecule has 2 amide bonds. The van der Waals surface area contributed by atoms with Gasteiger partial charge in [-0.25, -0.2) is 9.97 Å². The molecule has 0 aliphatic heterocycles. The molecular weight excluding hydrogens is 372 g/mol. The zero-order valence-electron chi connectivity index (χ0n) is 16.3. The van der Waals surface area contributed by atoms with E-state index in [0.29, 0.717) is 11.1 Å². The highest BCUT2D eigenvalue weighted by Gasteiger charge is 2.17. The first kappa shape index (κ1) is 19.8. The first-order valence-corrected chi connectivity index (χ1v) is 10.0. The van der Waals surface area contributed by atoms with Gasteiger partial charge in [-0.15, -0.1) is 11.8 Å². The number of hydrogen-bond donors (Lipinski definition) is 1. The second-order valence-corrected chi connectivity index (χ2v) is 7.36. The van der Waals surface area contributed by atoms with E-state index in [-0.39, 0.29) is 18.4 Å². The number of hydrogen-bond acceptors (Lipinski definition) is 5. The summed E-state index contributed by atoms with van der Waals surface area (Å²) >= 11 is 1.55. The van der Waals surface area contributed by atoms with Crippen LogP contribution < -0.4 is 5.32 Å². The molecule has 7 heteroatoms. The Morgan fingerprint density at radius 2 is 1.71 bits per heavy atom. The standard InChI is InChI=1S/C21H22N4O2S/c1-13-14(2)23-18-11-15(9-10-16(18)22-13)21(27)25(3)12-20(26)24-17-7-5-6-8-19(17)28-4/h5-11H,12H2,1-4H3,(H,24,26). The van der Waals surface area contributed by atoms with Gasteiger partial charge in [0.15, 0.2) is 0 Å². The predicted octanol–water partition coefficient (Wildman–Crippen LogP) is 3.68. The van der Waals surface area contributed by atoms with Crippen LogP contribution in [0.15, 0.2) is 47.4 Å². The molecule has 0 saturated carbocycles. The van der Waals surface area contributed by atoms with Gasteiger partial charge in [0.1, 0.15) is 0 Å². The molecule has 0 radical (unpaired) electrons. The van der Waals surface area contributed by atoms with E-state index in [9.17, 15) is 9.59 Å². The average molecular weight is 395 g/mol. The van der Waals surface area contributed by atoms with Gasteiger partial charge >= 0.3 is 0 Å². The Kier molecular flexibility index (Phi) is 5.94. The number of amides is 2. The summed E-state index contributed by atoms with van der Waals surface area (Å²) in [5.74, 6) is -0.486. The smallest absolute Gasteiger partial charge is 0.254 e. The van der Waals surface area contributed by atoms with E-state index in [2.05, 4.69) is 15.3 Å². The number of nitrogens with zero attached hydrogens (tertiary/aromatic N) is 3. The van der Waals surface area contributed by atoms with Crippen molar-refractivity contribution in [2.45, 2.75) is 18.7 Å². The molecule has 0 aliphatic carbocycles. The number of thioether (sulfide) groups is 1. The first-order valence-electron chi connectivity index (χ1n) is 8.82. The fourth-order valence-electron chi connectivity index (χ4n) is 2.81. The molecule has 0 fully saturated rings. The Labute approximate surface area is 168 Å². The first-order chi connectivity index (χ1) is 13.4. The van der Waals surface area contributed by atoms with Crippen LogP contribution in [0.25, 0.3) is 11.0 Å². The predicted molar refractivity (Wildman–Crippen MR) is 113 cm³/mol. The van der Waals surface area contributed by atoms with Crippen LogP contribution in [0.5, 0.6) is 0 Å². The lowest BCUT2D eigenvalue weighted by Crippen LogP contribution is -2.35. The Hall–Kier alpha value is -2.93. The van der Waals surface area contributed by atoms with E-state index >= 15 is 0 Å². The summed E-state index contributed by atoms with van der Waals surface area (Å²) in [4.78, 5) is 36.5. The van der Waals surface area contributed by atoms with Gasteiger partial charge in [-0.3, -0.25) is 9.59 Å². The number of aromatic nitrogens is 2. The third kappa shape index (κ3) is 4.31. The summed E-state index contributed by atoms with van der Waals surface area (Å²) in [6.45, 7) is 3.75. The second kappa shape index (κ2) is 8.39. The lowest BCUT2D eigenvalue weighted by molar-refractivity contribution is -0.116. The SMILES string of the molecule is CSc1ccccc1NC(=O)CN(C)C(=O)c1ccc2nc(C)c(C)nc2c1. The fourth-order valence-corrected chi connectivity index (χ4v) is 3.36. The molecule has 0 spiro atoms. The van der Waals surface area contributed by atoms with E-state index in [1.54, 1.807) is 37.0 Å². The van der Waals surface area contributed by atoms with Crippen molar-refractivity contribution in [3.8, 4) is 0 Å². The molecule has 0 bridgehead atoms. The van der Waals surface area contributed by atoms with Crippen LogP contribution in [0.4, 0.5) is 5.69 Å². The van der Waals surface area contributed by atoms with Gasteiger partial charge in [0.2, 0.25) is 5.91 Å². The Bertz CT molecular complexity index is 1050. The lowest BCUT2D eigenvalue weighted by Gasteiger charge is -2.18. The van der Waals surface area contributed by atoms with Crippen molar-refractivity contribution in [3.05, 3.63) is 59.4 Å². The summed E-state index contributed by atoms with van der Waals surface area (Å²) in [5.41, 5.74) is 4.33. The number of benzene rings is 2. The van der Waals surface area contributed by atoms with Crippen LogP contribution in [0.1, 0.15) is 21.7 Å². The molecule has 0 saturated heterocycles. The van der Waals surface area contributed by atoms with Crippen LogP contribution in [0, 0.1) is 13.8 Å². The van der Waals surface area contributed by atoms with Gasteiger partial charge in [-0.2, -0.15) is 0 Å². The monoisotopic (exact) mass is 394 g/mol. The van der Waals surface area contributed by atoms with Gasteiger partial charge in [0, 0.05) is 17.5 Å². The maximum absolute atomic E-state index is 12.7. The summed E-state index contributed by atoms with van der Waals surface area (Å²) < 4.78 is 0. The number of fused-ring (bicyclic) bond motifs is 1. The molecule has 144 valence electrons. The van der Waals surface area contributed by atoms with E-state index in [1.165, 1.54) is 4.90 Å². The van der Waals surface area contributed by atoms with Crippen molar-refractivity contribution in [1.29, 1.82) is 0 Å². The summed E-state index contributed by atoms with van der Waals surface area (Å²) in [6.07, 6.45) is 1.95. The number of nitrogens with one attached hydrogen (secondary N) is 1. The minimum Gasteiger partial charge on any atom is -0.332 e. The Balaban J connectivity index is 1.72. The van der Waals surface area contributed by atoms with E-state index in [1.807, 2.05) is 44.4 Å². The normalized spacial score (nSPS) is 10.7. The van der Waals surface area contributed by atoms with Crippen molar-refractivity contribution < 1.29 is 9.59 Å². The van der Waals surface area contributed by atoms with Crippen LogP contribution >= 0.6 is 11.8 Å². The average Bonchev–Trinajstić information content (AvgIpc) is 2.68. The highest BCUT2D eigenvalue weighted by Crippen LogP contribution is 2.24. The highest BCUT2D eigenvalue weighted by atomic mass is 32.2. The Morgan fingerprint density at radius 1 is 1.04 bits per heavy atom. The summed E-state index contributed by atoms with van der Waals surface area (Å²) in [7, 11) is 1.61. The number of carbonyl (C=O) groups excluding carboxylic acids is 2. The van der Waals surface area contributed by atoms with Gasteiger partial charge in [0.05, 0.1) is 34.7 Å². The molecule has 6 nitrogen and oxygen atoms in total. The largest absolute Gasteiger partial charge is 0.332 e. The summed E-state index contributed by atoms with van der Waals surface area (Å²) in [6, 6.07) is 12.8. The van der Waals surface area contributed by atoms with Crippen molar-refractivity contribution in [1.82, 2.24) is 14.9 Å². The number of likely N-dealkylation sites (N-methyl/N-ethyl adjacent to an activating group) is 1. The third-order valence-corrected chi connectivity index (χ3v) is 5.23. The van der Waals surface area contributed by atoms with Crippen LogP contribution in [0.3, 0.4) is 0 Å². The van der Waals surface area contributed by atoms with Gasteiger partial charge in [0.25, 0.3) is 5.91 Å². The molecule has 2 aromatic carbocycles. The lowest BCUT2D eigenvalue weighted by atomic mass is 10.1. The maximum Gasteiger partial charge on any atom is 0.254 e. The van der Waals surface area contributed by atoms with Gasteiger partial charge < -0.3 is 10.2 Å². The number of anilines is 1. The summed E-state index contributed by atoms with van der Waals surface area (Å²) in [5, 5.41) is 2.87. The molecule has 1 heterocycles. The Morgan fingerprint density at radius 3 is 2.43 bits per heavy atom. The molecule has 0 atom stereocenters. The van der Waals surface area contributed by atoms with Gasteiger partial charge in [-0.05, 0) is 50.4 Å². The number of para-hydroxylation sites is 1. The molecule has 3 rings (SSSR count). The molecule has 3 aromatic rings. The molecule has 0 aliphatic rings. The van der Waals surface area contributed by atoms with E-state index < -0.39 is 0 Å². The zero-order valence-corrected chi connectivity index (χ0v) is 17.1. The zero-order chi connectivity index (χ0) is 20.3. The van der Waals surface area contributed by atoms with Crippen molar-refractivity contribution >= 4 is 40.3 Å². The minimum absolute atomic E-state index is 0.0435. The number of aryl methyl sites for hydroxylation is 2. The van der Waals surface area contributed by atoms with Crippen LogP contribution in [-0.4, -0.2) is 46.5 Å². The topological polar surface area (TPSA) is 75.2 Å². The van der Waals surface area contributed by atoms with Crippen molar-refractivity contribution in [2.75, 3.05) is 25.2 Å². The number of rotatable bonds is 5. The highest BCUT2D eigenvalue weighted by molar-refractivity contribution is 7.98. The van der Waals surface area contributed by atoms with Crippen LogP contribution in [0.2, 0.25) is 0 Å². The van der Waals surface area contributed by atoms with Crippen molar-refractivity contribution in [2.24, 2.45) is 0 Å². The number of carbonyl (C=O) groups is 2. The molecule has 1 N–H and O–H groups in total. The van der Waals surface area contributed by atoms with Crippen LogP contribution in [-0.2, 0) is 4.79 Å². The van der Waals surface area contributed by atoms with E-state index in [4.69, 9.17) is 0 Å². The third-order valence-electron chi connectivity index (χ3n) is 4.43. The van der Waals surface area contributed by atoms with Gasteiger partial charge in [-0.1, -0.05) is 12.1 Å². The quantitative estimate of drug-likeness (QED) is 0.668. The maximum atomic E-state index is 12.7. The molecule has 1 aromatic heterocycles. The molecule has 28 heavy (non-hydrogen) atoms. The van der Waals surface area contributed by atoms with Crippen molar-refractivity contribution in [3.63, 3.8) is 0 Å². The van der Waals surface area contributed by atoms with E-state index in [0.717, 1.165) is 27.5 Å². The second-order valence-electron chi connectivity index (χ2n) is 6.51. The molecular formula is C21H22N4O2S.